The number of sulfonamides is 1. The number of nitrogens with one attached hydrogen (secondary N) is 3. The van der Waals surface area contributed by atoms with Gasteiger partial charge in [0, 0.05) is 32.4 Å². The van der Waals surface area contributed by atoms with E-state index in [0.29, 0.717) is 41.5 Å². The number of hydrogen-bond donors (Lipinski definition) is 3. The Bertz CT molecular complexity index is 1470. The maximum Gasteiger partial charge on any atom is 0.421 e. The third kappa shape index (κ3) is 8.71. The van der Waals surface area contributed by atoms with Crippen LogP contribution in [-0.2, 0) is 29.3 Å². The van der Waals surface area contributed by atoms with E-state index in [1.54, 1.807) is 31.2 Å². The molecule has 1 heterocycles. The molecule has 1 aromatic heterocycles. The molecule has 0 aliphatic heterocycles. The number of rotatable bonds is 14. The molecule has 0 spiro atoms. The summed E-state index contributed by atoms with van der Waals surface area (Å²) in [6.07, 6.45) is 0.231. The Labute approximate surface area is 246 Å². The zero-order chi connectivity index (χ0) is 31.1. The minimum Gasteiger partial charge on any atom is -0.495 e. The molecule has 42 heavy (non-hydrogen) atoms. The molecule has 0 radical (unpaired) electrons. The lowest BCUT2D eigenvalue weighted by Gasteiger charge is -2.22. The molecule has 3 aromatic rings. The fourth-order valence-corrected chi connectivity index (χ4v) is 4.92. The third-order valence-electron chi connectivity index (χ3n) is 6.86. The van der Waals surface area contributed by atoms with Gasteiger partial charge in [0.1, 0.15) is 17.1 Å². The minimum absolute atomic E-state index is 0.0685. The van der Waals surface area contributed by atoms with Crippen molar-refractivity contribution in [2.45, 2.75) is 65.3 Å². The van der Waals surface area contributed by atoms with Crippen LogP contribution in [0.2, 0.25) is 0 Å². The Kier molecular flexibility index (Phi) is 11.0. The number of anilines is 4. The van der Waals surface area contributed by atoms with Crippen molar-refractivity contribution in [2.75, 3.05) is 35.4 Å². The van der Waals surface area contributed by atoms with Crippen molar-refractivity contribution in [3.63, 3.8) is 0 Å². The van der Waals surface area contributed by atoms with Crippen LogP contribution in [0, 0.1) is 6.92 Å². The van der Waals surface area contributed by atoms with Crippen molar-refractivity contribution in [2.24, 2.45) is 0 Å². The van der Waals surface area contributed by atoms with E-state index in [4.69, 9.17) is 4.74 Å². The molecule has 2 aromatic carbocycles. The van der Waals surface area contributed by atoms with Crippen molar-refractivity contribution >= 4 is 33.2 Å². The Morgan fingerprint density at radius 3 is 2.45 bits per heavy atom. The number of hydrogen-bond acceptors (Lipinski definition) is 8. The van der Waals surface area contributed by atoms with Crippen molar-refractivity contribution in [1.29, 1.82) is 0 Å². The zero-order valence-electron chi connectivity index (χ0n) is 24.8. The molecule has 1 unspecified atom stereocenters. The van der Waals surface area contributed by atoms with Gasteiger partial charge in [-0.05, 0) is 54.7 Å². The molecule has 0 fully saturated rings. The first-order valence-corrected chi connectivity index (χ1v) is 15.5. The Hall–Kier alpha value is -3.58. The molecule has 0 aliphatic carbocycles. The van der Waals surface area contributed by atoms with Crippen molar-refractivity contribution in [3.8, 4) is 5.75 Å². The summed E-state index contributed by atoms with van der Waals surface area (Å²) in [5, 5.41) is 9.23. The maximum atomic E-state index is 13.9. The molecule has 0 saturated carbocycles. The highest BCUT2D eigenvalue weighted by Crippen LogP contribution is 2.35. The number of aryl methyl sites for hydroxylation is 1. The summed E-state index contributed by atoms with van der Waals surface area (Å²) in [4.78, 5) is 8.02. The summed E-state index contributed by atoms with van der Waals surface area (Å²) in [5.41, 5.74) is 2.06. The van der Waals surface area contributed by atoms with Gasteiger partial charge in [-0.25, -0.2) is 13.4 Å². The van der Waals surface area contributed by atoms with Crippen molar-refractivity contribution in [3.05, 3.63) is 64.8 Å². The molecule has 13 heteroatoms. The molecule has 0 amide bonds. The zero-order valence-corrected chi connectivity index (χ0v) is 25.6. The number of ether oxygens (including phenoxy) is 1. The van der Waals surface area contributed by atoms with E-state index in [-0.39, 0.29) is 12.5 Å². The van der Waals surface area contributed by atoms with Gasteiger partial charge in [-0.1, -0.05) is 38.5 Å². The number of benzene rings is 2. The third-order valence-corrected chi connectivity index (χ3v) is 8.05. The van der Waals surface area contributed by atoms with E-state index in [0.717, 1.165) is 41.0 Å². The number of nitrogens with zero attached hydrogens (tertiary/aromatic N) is 3. The molecule has 9 nitrogen and oxygen atoms in total. The normalized spacial score (nSPS) is 12.6. The summed E-state index contributed by atoms with van der Waals surface area (Å²) < 4.78 is 72.5. The van der Waals surface area contributed by atoms with Crippen LogP contribution >= 0.6 is 0 Å². The maximum absolute atomic E-state index is 13.9. The van der Waals surface area contributed by atoms with Crippen molar-refractivity contribution < 1.29 is 26.3 Å². The lowest BCUT2D eigenvalue weighted by atomic mass is 10.1. The van der Waals surface area contributed by atoms with E-state index >= 15 is 0 Å². The largest absolute Gasteiger partial charge is 0.495 e. The number of alkyl halides is 3. The van der Waals surface area contributed by atoms with Gasteiger partial charge in [0.2, 0.25) is 16.0 Å². The summed E-state index contributed by atoms with van der Waals surface area (Å²) in [7, 11) is -0.696. The molecule has 0 saturated heterocycles. The molecule has 1 atom stereocenters. The highest BCUT2D eigenvalue weighted by atomic mass is 32.2. The van der Waals surface area contributed by atoms with Gasteiger partial charge in [-0.2, -0.15) is 18.2 Å². The lowest BCUT2D eigenvalue weighted by molar-refractivity contribution is -0.137. The second-order valence-corrected chi connectivity index (χ2v) is 12.1. The van der Waals surface area contributed by atoms with E-state index in [1.165, 1.54) is 14.2 Å². The highest BCUT2D eigenvalue weighted by Gasteiger charge is 2.35. The average Bonchev–Trinajstić information content (AvgIpc) is 2.93. The smallest absolute Gasteiger partial charge is 0.421 e. The highest BCUT2D eigenvalue weighted by molar-refractivity contribution is 7.92. The topological polar surface area (TPSA) is 108 Å². The van der Waals surface area contributed by atoms with E-state index in [9.17, 15) is 21.6 Å². The number of halogens is 3. The fraction of sp³-hybridized carbons (Fsp3) is 0.448. The summed E-state index contributed by atoms with van der Waals surface area (Å²) in [5.74, 6) is -0.0279. The summed E-state index contributed by atoms with van der Waals surface area (Å²) in [6, 6.07) is 11.0. The van der Waals surface area contributed by atoms with E-state index < -0.39 is 27.6 Å². The van der Waals surface area contributed by atoms with Gasteiger partial charge in [0.15, 0.2) is 0 Å². The van der Waals surface area contributed by atoms with Crippen LogP contribution in [0.25, 0.3) is 0 Å². The van der Waals surface area contributed by atoms with Crippen molar-refractivity contribution in [1.82, 2.24) is 15.3 Å². The van der Waals surface area contributed by atoms with Gasteiger partial charge in [0.25, 0.3) is 0 Å². The molecule has 230 valence electrons. The van der Waals surface area contributed by atoms with Gasteiger partial charge in [-0.3, -0.25) is 4.31 Å². The van der Waals surface area contributed by atoms with Gasteiger partial charge in [-0.15, -0.1) is 0 Å². The standard InChI is InChI=1S/C29H39F3N6O3S/c1-7-9-22(8-2)33-16-20-11-13-24(26(15-20)41-5)36-28-35-18-23(29(30,31)32)27(37-28)34-17-21-12-10-19(3)14-25(21)38(4)42(6,39)40/h10-15,18,22,33H,7-9,16-17H2,1-6H3,(H2,34,35,36,37). The second-order valence-electron chi connectivity index (χ2n) is 10.1. The molecule has 0 bridgehead atoms. The second kappa shape index (κ2) is 14.1. The molecular weight excluding hydrogens is 569 g/mol. The van der Waals surface area contributed by atoms with Gasteiger partial charge >= 0.3 is 6.18 Å². The summed E-state index contributed by atoms with van der Waals surface area (Å²) in [6.45, 7) is 6.62. The lowest BCUT2D eigenvalue weighted by Crippen LogP contribution is -2.27. The Morgan fingerprint density at radius 2 is 1.83 bits per heavy atom. The summed E-state index contributed by atoms with van der Waals surface area (Å²) >= 11 is 0. The van der Waals surface area contributed by atoms with Crippen LogP contribution in [0.3, 0.4) is 0 Å². The number of aromatic nitrogens is 2. The predicted octanol–water partition coefficient (Wildman–Crippen LogP) is 6.23. The molecular formula is C29H39F3N6O3S. The minimum atomic E-state index is -4.72. The fourth-order valence-electron chi connectivity index (χ4n) is 4.39. The SMILES string of the molecule is CCCC(CC)NCc1ccc(Nc2ncc(C(F)(F)F)c(NCc3ccc(C)cc3N(C)S(C)(=O)=O)n2)c(OC)c1. The predicted molar refractivity (Wildman–Crippen MR) is 161 cm³/mol. The van der Waals surface area contributed by atoms with E-state index in [2.05, 4.69) is 39.8 Å². The van der Waals surface area contributed by atoms with Crippen LogP contribution in [0.5, 0.6) is 5.75 Å². The molecule has 0 aliphatic rings. The van der Waals surface area contributed by atoms with Crippen LogP contribution < -0.4 is 25.0 Å². The first-order chi connectivity index (χ1) is 19.8. The quantitative estimate of drug-likeness (QED) is 0.198. The van der Waals surface area contributed by atoms with E-state index in [1.807, 2.05) is 12.1 Å². The van der Waals surface area contributed by atoms with Crippen LogP contribution in [-0.4, -0.2) is 44.8 Å². The average molecular weight is 609 g/mol. The first-order valence-electron chi connectivity index (χ1n) is 13.7. The Morgan fingerprint density at radius 1 is 1.10 bits per heavy atom. The van der Waals surface area contributed by atoms with Crippen LogP contribution in [0.15, 0.2) is 42.6 Å². The monoisotopic (exact) mass is 608 g/mol. The van der Waals surface area contributed by atoms with Gasteiger partial charge < -0.3 is 20.7 Å². The Balaban J connectivity index is 1.87. The molecule has 3 N–H and O–H groups in total. The number of methoxy groups -OCH3 is 1. The first kappa shape index (κ1) is 32.9. The molecule has 3 rings (SSSR count). The van der Waals surface area contributed by atoms with Gasteiger partial charge in [0.05, 0.1) is 24.7 Å². The van der Waals surface area contributed by atoms with Crippen LogP contribution in [0.1, 0.15) is 55.4 Å². The van der Waals surface area contributed by atoms with Crippen LogP contribution in [0.4, 0.5) is 36.3 Å².